The summed E-state index contributed by atoms with van der Waals surface area (Å²) >= 11 is 0. The average molecular weight is 336 g/mol. The fraction of sp³-hybridized carbons (Fsp3) is 0.105. The Morgan fingerprint density at radius 1 is 0.920 bits per heavy atom. The second kappa shape index (κ2) is 7.00. The maximum Gasteiger partial charge on any atom is 0.335 e. The lowest BCUT2D eigenvalue weighted by Crippen LogP contribution is -1.97. The van der Waals surface area contributed by atoms with E-state index in [-0.39, 0.29) is 5.56 Å². The van der Waals surface area contributed by atoms with E-state index in [1.807, 2.05) is 18.2 Å². The van der Waals surface area contributed by atoms with Crippen LogP contribution in [0.5, 0.6) is 11.5 Å². The van der Waals surface area contributed by atoms with E-state index in [1.165, 1.54) is 12.1 Å². The molecule has 0 atom stereocenters. The number of carbonyl (C=O) groups is 1. The number of benzene rings is 2. The van der Waals surface area contributed by atoms with Gasteiger partial charge < -0.3 is 14.6 Å². The Bertz CT molecular complexity index is 908. The average Bonchev–Trinajstić information content (AvgIpc) is 2.67. The van der Waals surface area contributed by atoms with Crippen LogP contribution in [0.2, 0.25) is 0 Å². The van der Waals surface area contributed by atoms with Gasteiger partial charge in [0.1, 0.15) is 0 Å². The molecule has 25 heavy (non-hydrogen) atoms. The highest BCUT2D eigenvalue weighted by Crippen LogP contribution is 2.32. The summed E-state index contributed by atoms with van der Waals surface area (Å²) in [5.74, 6) is 0.812. The van der Waals surface area contributed by atoms with Gasteiger partial charge >= 0.3 is 5.97 Å². The van der Waals surface area contributed by atoms with E-state index in [4.69, 9.17) is 14.6 Å². The molecule has 2 aromatic carbocycles. The third-order valence-corrected chi connectivity index (χ3v) is 3.72. The fourth-order valence-corrected chi connectivity index (χ4v) is 2.42. The molecule has 6 heteroatoms. The third kappa shape index (κ3) is 3.42. The van der Waals surface area contributed by atoms with Gasteiger partial charge in [-0.3, -0.25) is 0 Å². The highest BCUT2D eigenvalue weighted by molar-refractivity contribution is 5.88. The van der Waals surface area contributed by atoms with Crippen molar-refractivity contribution in [1.29, 1.82) is 0 Å². The highest BCUT2D eigenvalue weighted by Gasteiger charge is 2.10. The van der Waals surface area contributed by atoms with Crippen molar-refractivity contribution in [2.45, 2.75) is 0 Å². The minimum absolute atomic E-state index is 0.222. The molecule has 0 spiro atoms. The first-order valence-electron chi connectivity index (χ1n) is 7.51. The van der Waals surface area contributed by atoms with Crippen molar-refractivity contribution in [2.75, 3.05) is 14.2 Å². The van der Waals surface area contributed by atoms with Gasteiger partial charge in [0.2, 0.25) is 0 Å². The Kier molecular flexibility index (Phi) is 4.61. The molecule has 0 aliphatic rings. The highest BCUT2D eigenvalue weighted by atomic mass is 16.5. The Balaban J connectivity index is 1.98. The molecule has 0 bridgehead atoms. The Morgan fingerprint density at radius 2 is 1.60 bits per heavy atom. The van der Waals surface area contributed by atoms with Crippen LogP contribution in [0.25, 0.3) is 22.6 Å². The summed E-state index contributed by atoms with van der Waals surface area (Å²) in [4.78, 5) is 19.8. The summed E-state index contributed by atoms with van der Waals surface area (Å²) in [6.45, 7) is 0. The number of methoxy groups -OCH3 is 2. The lowest BCUT2D eigenvalue weighted by Gasteiger charge is -2.10. The molecular formula is C19H16N2O4. The van der Waals surface area contributed by atoms with E-state index in [2.05, 4.69) is 9.97 Å². The van der Waals surface area contributed by atoms with Gasteiger partial charge in [-0.1, -0.05) is 12.1 Å². The van der Waals surface area contributed by atoms with Crippen molar-refractivity contribution < 1.29 is 19.4 Å². The van der Waals surface area contributed by atoms with E-state index < -0.39 is 5.97 Å². The molecule has 1 heterocycles. The van der Waals surface area contributed by atoms with Crippen LogP contribution in [-0.4, -0.2) is 35.3 Å². The molecule has 0 aliphatic heterocycles. The predicted molar refractivity (Wildman–Crippen MR) is 93.0 cm³/mol. The van der Waals surface area contributed by atoms with Crippen LogP contribution in [0.15, 0.2) is 54.7 Å². The van der Waals surface area contributed by atoms with Crippen LogP contribution in [0, 0.1) is 0 Å². The van der Waals surface area contributed by atoms with Gasteiger partial charge in [0.05, 0.1) is 25.5 Å². The normalized spacial score (nSPS) is 10.3. The van der Waals surface area contributed by atoms with Crippen molar-refractivity contribution in [3.05, 3.63) is 60.3 Å². The first-order chi connectivity index (χ1) is 12.1. The Labute approximate surface area is 144 Å². The van der Waals surface area contributed by atoms with Gasteiger partial charge in [-0.25, -0.2) is 14.8 Å². The topological polar surface area (TPSA) is 81.5 Å². The number of carboxylic acid groups (broad SMARTS) is 1. The van der Waals surface area contributed by atoms with E-state index in [0.717, 1.165) is 16.8 Å². The van der Waals surface area contributed by atoms with Crippen LogP contribution in [-0.2, 0) is 0 Å². The van der Waals surface area contributed by atoms with Gasteiger partial charge in [0.15, 0.2) is 17.3 Å². The maximum atomic E-state index is 10.9. The molecule has 6 nitrogen and oxygen atoms in total. The van der Waals surface area contributed by atoms with Crippen LogP contribution in [0.1, 0.15) is 10.4 Å². The van der Waals surface area contributed by atoms with Crippen molar-refractivity contribution in [1.82, 2.24) is 9.97 Å². The molecule has 0 unspecified atom stereocenters. The molecule has 0 fully saturated rings. The first-order valence-corrected chi connectivity index (χ1v) is 7.51. The standard InChI is InChI=1S/C19H16N2O4/c1-24-16-8-7-14(11-17(16)25-2)15-9-10-20-18(21-15)12-3-5-13(6-4-12)19(22)23/h3-11H,1-2H3,(H,22,23). The lowest BCUT2D eigenvalue weighted by molar-refractivity contribution is 0.0697. The number of rotatable bonds is 5. The van der Waals surface area contributed by atoms with Crippen molar-refractivity contribution in [2.24, 2.45) is 0 Å². The Hall–Kier alpha value is -3.41. The van der Waals surface area contributed by atoms with Crippen LogP contribution >= 0.6 is 0 Å². The largest absolute Gasteiger partial charge is 0.493 e. The quantitative estimate of drug-likeness (QED) is 0.767. The first kappa shape index (κ1) is 16.4. The number of hydrogen-bond acceptors (Lipinski definition) is 5. The zero-order valence-corrected chi connectivity index (χ0v) is 13.8. The summed E-state index contributed by atoms with van der Waals surface area (Å²) in [5.41, 5.74) is 2.56. The second-order valence-electron chi connectivity index (χ2n) is 5.22. The molecular weight excluding hydrogens is 320 g/mol. The van der Waals surface area contributed by atoms with Gasteiger partial charge in [0.25, 0.3) is 0 Å². The molecule has 0 radical (unpaired) electrons. The second-order valence-corrected chi connectivity index (χ2v) is 5.22. The van der Waals surface area contributed by atoms with E-state index >= 15 is 0 Å². The Morgan fingerprint density at radius 3 is 2.24 bits per heavy atom. The summed E-state index contributed by atoms with van der Waals surface area (Å²) in [6, 6.07) is 13.8. The van der Waals surface area contributed by atoms with Crippen molar-refractivity contribution >= 4 is 5.97 Å². The van der Waals surface area contributed by atoms with Gasteiger partial charge in [-0.2, -0.15) is 0 Å². The van der Waals surface area contributed by atoms with E-state index in [1.54, 1.807) is 38.6 Å². The lowest BCUT2D eigenvalue weighted by atomic mass is 10.1. The third-order valence-electron chi connectivity index (χ3n) is 3.72. The van der Waals surface area contributed by atoms with Gasteiger partial charge in [0, 0.05) is 17.3 Å². The number of ether oxygens (including phenoxy) is 2. The van der Waals surface area contributed by atoms with Crippen LogP contribution < -0.4 is 9.47 Å². The number of nitrogens with zero attached hydrogens (tertiary/aromatic N) is 2. The molecule has 0 aliphatic carbocycles. The molecule has 0 saturated heterocycles. The molecule has 1 N–H and O–H groups in total. The van der Waals surface area contributed by atoms with Crippen molar-refractivity contribution in [3.63, 3.8) is 0 Å². The maximum absolute atomic E-state index is 10.9. The van der Waals surface area contributed by atoms with Gasteiger partial charge in [-0.05, 0) is 36.4 Å². The molecule has 0 amide bonds. The smallest absolute Gasteiger partial charge is 0.335 e. The summed E-state index contributed by atoms with van der Waals surface area (Å²) in [5, 5.41) is 8.98. The molecule has 1 aromatic heterocycles. The van der Waals surface area contributed by atoms with Crippen molar-refractivity contribution in [3.8, 4) is 34.1 Å². The molecule has 0 saturated carbocycles. The molecule has 126 valence electrons. The van der Waals surface area contributed by atoms with E-state index in [9.17, 15) is 4.79 Å². The minimum atomic E-state index is -0.966. The number of carboxylic acids is 1. The summed E-state index contributed by atoms with van der Waals surface area (Å²) < 4.78 is 10.6. The fourth-order valence-electron chi connectivity index (χ4n) is 2.42. The number of hydrogen-bond donors (Lipinski definition) is 1. The zero-order chi connectivity index (χ0) is 17.8. The van der Waals surface area contributed by atoms with Crippen LogP contribution in [0.3, 0.4) is 0 Å². The molecule has 3 aromatic rings. The molecule has 3 rings (SSSR count). The number of aromatic carboxylic acids is 1. The number of aromatic nitrogens is 2. The SMILES string of the molecule is COc1ccc(-c2ccnc(-c3ccc(C(=O)O)cc3)n2)cc1OC. The monoisotopic (exact) mass is 336 g/mol. The zero-order valence-electron chi connectivity index (χ0n) is 13.8. The predicted octanol–water partition coefficient (Wildman–Crippen LogP) is 3.53. The summed E-state index contributed by atoms with van der Waals surface area (Å²) in [7, 11) is 3.16. The summed E-state index contributed by atoms with van der Waals surface area (Å²) in [6.07, 6.45) is 1.67. The van der Waals surface area contributed by atoms with E-state index in [0.29, 0.717) is 17.3 Å². The minimum Gasteiger partial charge on any atom is -0.493 e. The van der Waals surface area contributed by atoms with Gasteiger partial charge in [-0.15, -0.1) is 0 Å². The van der Waals surface area contributed by atoms with Crippen LogP contribution in [0.4, 0.5) is 0 Å².